The second-order valence-corrected chi connectivity index (χ2v) is 7.62. The molecule has 0 saturated heterocycles. The molecule has 2 nitrogen and oxygen atoms in total. The molecule has 0 aliphatic heterocycles. The summed E-state index contributed by atoms with van der Waals surface area (Å²) in [6.07, 6.45) is 0. The van der Waals surface area contributed by atoms with Crippen LogP contribution in [-0.2, 0) is 18.5 Å². The summed E-state index contributed by atoms with van der Waals surface area (Å²) in [6.45, 7) is 3.14. The summed E-state index contributed by atoms with van der Waals surface area (Å²) in [7, 11) is 0. The lowest BCUT2D eigenvalue weighted by Gasteiger charge is -2.12. The van der Waals surface area contributed by atoms with Gasteiger partial charge < -0.3 is 9.47 Å². The molecule has 4 heteroatoms. The normalized spacial score (nSPS) is 10.6. The summed E-state index contributed by atoms with van der Waals surface area (Å²) < 4.78 is 13.0. The quantitative estimate of drug-likeness (QED) is 0.349. The van der Waals surface area contributed by atoms with Gasteiger partial charge in [0.2, 0.25) is 0 Å². The first kappa shape index (κ1) is 19.0. The maximum absolute atomic E-state index is 5.99. The fraction of sp³-hybridized carbons (Fsp3) is 0.182. The minimum absolute atomic E-state index is 0.516. The third-order valence-electron chi connectivity index (χ3n) is 3.88. The van der Waals surface area contributed by atoms with Gasteiger partial charge in [-0.15, -0.1) is 0 Å². The van der Waals surface area contributed by atoms with Gasteiger partial charge in [0.25, 0.3) is 0 Å². The van der Waals surface area contributed by atoms with E-state index in [1.807, 2.05) is 36.4 Å². The van der Waals surface area contributed by atoms with Crippen LogP contribution < -0.4 is 9.47 Å². The predicted octanol–water partition coefficient (Wildman–Crippen LogP) is 6.81. The monoisotopic (exact) mass is 474 g/mol. The van der Waals surface area contributed by atoms with Gasteiger partial charge in [0.1, 0.15) is 24.7 Å². The van der Waals surface area contributed by atoms with Crippen LogP contribution in [0.1, 0.15) is 22.3 Å². The summed E-state index contributed by atoms with van der Waals surface area (Å²) in [6, 6.07) is 22.5. The van der Waals surface area contributed by atoms with Crippen LogP contribution in [0.15, 0.2) is 71.2 Å². The smallest absolute Gasteiger partial charge is 0.123 e. The van der Waals surface area contributed by atoms with Crippen LogP contribution in [0.2, 0.25) is 0 Å². The zero-order valence-corrected chi connectivity index (χ0v) is 17.7. The van der Waals surface area contributed by atoms with Crippen molar-refractivity contribution in [2.24, 2.45) is 0 Å². The molecule has 0 aliphatic carbocycles. The van der Waals surface area contributed by atoms with Crippen LogP contribution >= 0.6 is 31.9 Å². The number of alkyl halides is 1. The predicted molar refractivity (Wildman–Crippen MR) is 113 cm³/mol. The number of hydrogen-bond acceptors (Lipinski definition) is 2. The summed E-state index contributed by atoms with van der Waals surface area (Å²) >= 11 is 7.01. The van der Waals surface area contributed by atoms with Crippen LogP contribution in [0.25, 0.3) is 0 Å². The standard InChI is InChI=1S/C22H20Br2O2/c1-16-4-2-5-17(8-16)14-25-21-10-19(13-23)11-22(12-21)26-15-18-6-3-7-20(24)9-18/h2-12H,13-15H2,1H3. The molecule has 0 fully saturated rings. The first-order chi connectivity index (χ1) is 12.6. The van der Waals surface area contributed by atoms with Crippen molar-refractivity contribution in [1.82, 2.24) is 0 Å². The summed E-state index contributed by atoms with van der Waals surface area (Å²) in [5.74, 6) is 1.62. The van der Waals surface area contributed by atoms with Gasteiger partial charge in [0, 0.05) is 15.9 Å². The molecular formula is C22H20Br2O2. The molecule has 3 rings (SSSR count). The maximum atomic E-state index is 5.99. The van der Waals surface area contributed by atoms with Crippen molar-refractivity contribution in [3.05, 3.63) is 93.5 Å². The zero-order chi connectivity index (χ0) is 18.4. The van der Waals surface area contributed by atoms with Gasteiger partial charge in [-0.1, -0.05) is 73.8 Å². The van der Waals surface area contributed by atoms with Crippen LogP contribution in [-0.4, -0.2) is 0 Å². The Kier molecular flexibility index (Phi) is 6.75. The molecule has 0 atom stereocenters. The third-order valence-corrected chi connectivity index (χ3v) is 5.02. The fourth-order valence-electron chi connectivity index (χ4n) is 2.64. The topological polar surface area (TPSA) is 18.5 Å². The number of ether oxygens (including phenoxy) is 2. The first-order valence-corrected chi connectivity index (χ1v) is 10.3. The number of hydrogen-bond donors (Lipinski definition) is 0. The SMILES string of the molecule is Cc1cccc(COc2cc(CBr)cc(OCc3cccc(Br)c3)c2)c1. The van der Waals surface area contributed by atoms with Crippen LogP contribution in [0.5, 0.6) is 11.5 Å². The van der Waals surface area contributed by atoms with Crippen molar-refractivity contribution in [1.29, 1.82) is 0 Å². The molecule has 3 aromatic rings. The lowest BCUT2D eigenvalue weighted by Crippen LogP contribution is -1.99. The van der Waals surface area contributed by atoms with E-state index in [-0.39, 0.29) is 0 Å². The average molecular weight is 476 g/mol. The highest BCUT2D eigenvalue weighted by Gasteiger charge is 2.05. The van der Waals surface area contributed by atoms with Crippen molar-refractivity contribution in [3.8, 4) is 11.5 Å². The fourth-order valence-corrected chi connectivity index (χ4v) is 3.41. The number of aryl methyl sites for hydroxylation is 1. The summed E-state index contributed by atoms with van der Waals surface area (Å²) in [4.78, 5) is 0. The van der Waals surface area contributed by atoms with E-state index in [4.69, 9.17) is 9.47 Å². The Balaban J connectivity index is 1.69. The molecule has 134 valence electrons. The van der Waals surface area contributed by atoms with Crippen molar-refractivity contribution < 1.29 is 9.47 Å². The number of benzene rings is 3. The Bertz CT molecular complexity index is 810. The zero-order valence-electron chi connectivity index (χ0n) is 14.5. The lowest BCUT2D eigenvalue weighted by atomic mass is 10.1. The largest absolute Gasteiger partial charge is 0.489 e. The van der Waals surface area contributed by atoms with Gasteiger partial charge in [0.05, 0.1) is 0 Å². The van der Waals surface area contributed by atoms with E-state index in [1.165, 1.54) is 5.56 Å². The van der Waals surface area contributed by atoms with Crippen LogP contribution in [0.4, 0.5) is 0 Å². The molecule has 0 heterocycles. The van der Waals surface area contributed by atoms with Gasteiger partial charge in [0.15, 0.2) is 0 Å². The van der Waals surface area contributed by atoms with E-state index >= 15 is 0 Å². The van der Waals surface area contributed by atoms with Gasteiger partial charge in [-0.2, -0.15) is 0 Å². The van der Waals surface area contributed by atoms with Crippen LogP contribution in [0, 0.1) is 6.92 Å². The molecule has 0 aromatic heterocycles. The minimum Gasteiger partial charge on any atom is -0.489 e. The van der Waals surface area contributed by atoms with Gasteiger partial charge in [-0.3, -0.25) is 0 Å². The van der Waals surface area contributed by atoms with E-state index in [0.29, 0.717) is 13.2 Å². The Morgan fingerprint density at radius 3 is 1.92 bits per heavy atom. The molecule has 26 heavy (non-hydrogen) atoms. The van der Waals surface area contributed by atoms with Crippen molar-refractivity contribution in [3.63, 3.8) is 0 Å². The second kappa shape index (κ2) is 9.24. The highest BCUT2D eigenvalue weighted by atomic mass is 79.9. The third kappa shape index (κ3) is 5.61. The van der Waals surface area contributed by atoms with E-state index in [9.17, 15) is 0 Å². The van der Waals surface area contributed by atoms with E-state index < -0.39 is 0 Å². The Morgan fingerprint density at radius 2 is 1.35 bits per heavy atom. The van der Waals surface area contributed by atoms with Crippen LogP contribution in [0.3, 0.4) is 0 Å². The van der Waals surface area contributed by atoms with E-state index in [1.54, 1.807) is 0 Å². The minimum atomic E-state index is 0.516. The highest BCUT2D eigenvalue weighted by Crippen LogP contribution is 2.26. The number of halogens is 2. The molecule has 0 radical (unpaired) electrons. The Labute approximate surface area is 171 Å². The molecule has 0 unspecified atom stereocenters. The number of rotatable bonds is 7. The molecule has 0 saturated carbocycles. The van der Waals surface area contributed by atoms with E-state index in [2.05, 4.69) is 69.1 Å². The molecule has 0 bridgehead atoms. The highest BCUT2D eigenvalue weighted by molar-refractivity contribution is 9.10. The molecule has 0 aliphatic rings. The average Bonchev–Trinajstić information content (AvgIpc) is 2.65. The summed E-state index contributed by atoms with van der Waals surface area (Å²) in [5.41, 5.74) is 4.63. The van der Waals surface area contributed by atoms with Gasteiger partial charge in [-0.25, -0.2) is 0 Å². The van der Waals surface area contributed by atoms with Crippen molar-refractivity contribution >= 4 is 31.9 Å². The van der Waals surface area contributed by atoms with Gasteiger partial charge in [-0.05, 0) is 47.9 Å². The molecule has 3 aromatic carbocycles. The first-order valence-electron chi connectivity index (χ1n) is 8.38. The summed E-state index contributed by atoms with van der Waals surface area (Å²) in [5, 5.41) is 0.752. The molecule has 0 N–H and O–H groups in total. The molecule has 0 spiro atoms. The second-order valence-electron chi connectivity index (χ2n) is 6.14. The van der Waals surface area contributed by atoms with Gasteiger partial charge >= 0.3 is 0 Å². The molecule has 0 amide bonds. The molecular weight excluding hydrogens is 456 g/mol. The van der Waals surface area contributed by atoms with Crippen molar-refractivity contribution in [2.45, 2.75) is 25.5 Å². The lowest BCUT2D eigenvalue weighted by molar-refractivity contribution is 0.289. The Hall–Kier alpha value is -1.78. The Morgan fingerprint density at radius 1 is 0.731 bits per heavy atom. The van der Waals surface area contributed by atoms with Crippen molar-refractivity contribution in [2.75, 3.05) is 0 Å². The van der Waals surface area contributed by atoms with E-state index in [0.717, 1.165) is 38.0 Å². The maximum Gasteiger partial charge on any atom is 0.123 e.